The van der Waals surface area contributed by atoms with E-state index in [-0.39, 0.29) is 6.61 Å². The number of imidazole rings is 1. The fourth-order valence-corrected chi connectivity index (χ4v) is 3.02. The molecule has 3 heterocycles. The number of carbonyl (C=O) groups excluding carboxylic acids is 2. The first-order valence-electron chi connectivity index (χ1n) is 7.63. The molecule has 0 saturated heterocycles. The highest BCUT2D eigenvalue weighted by molar-refractivity contribution is 7.14. The van der Waals surface area contributed by atoms with Crippen LogP contribution in [0.3, 0.4) is 0 Å². The molecule has 0 aliphatic rings. The van der Waals surface area contributed by atoms with Gasteiger partial charge in [-0.05, 0) is 37.4 Å². The number of thiophene rings is 1. The molecule has 0 aliphatic heterocycles. The van der Waals surface area contributed by atoms with Crippen LogP contribution in [-0.4, -0.2) is 33.7 Å². The first kappa shape index (κ1) is 16.8. The zero-order valence-corrected chi connectivity index (χ0v) is 14.5. The van der Waals surface area contributed by atoms with Gasteiger partial charge < -0.3 is 9.14 Å². The van der Waals surface area contributed by atoms with Gasteiger partial charge in [-0.15, -0.1) is 11.3 Å². The lowest BCUT2D eigenvalue weighted by atomic mass is 10.3. The van der Waals surface area contributed by atoms with Crippen molar-refractivity contribution in [1.29, 1.82) is 0 Å². The minimum absolute atomic E-state index is 0.195. The predicted octanol–water partition coefficient (Wildman–Crippen LogP) is 3.42. The number of alkyl carbamates (subject to hydrolysis) is 1. The summed E-state index contributed by atoms with van der Waals surface area (Å²) in [7, 11) is 0. The highest BCUT2D eigenvalue weighted by Crippen LogP contribution is 2.27. The molecule has 3 aromatic heterocycles. The number of aliphatic imine (C=N–C) groups is 1. The average molecular weight is 356 g/mol. The molecule has 8 heteroatoms. The molecule has 128 valence electrons. The van der Waals surface area contributed by atoms with E-state index in [2.05, 4.69) is 15.3 Å². The van der Waals surface area contributed by atoms with Crippen LogP contribution in [0, 0.1) is 0 Å². The third-order valence-electron chi connectivity index (χ3n) is 3.38. The lowest BCUT2D eigenvalue weighted by Gasteiger charge is -2.03. The van der Waals surface area contributed by atoms with E-state index in [0.717, 1.165) is 11.3 Å². The zero-order valence-electron chi connectivity index (χ0n) is 13.7. The molecule has 0 bridgehead atoms. The van der Waals surface area contributed by atoms with Crippen LogP contribution >= 0.6 is 11.3 Å². The van der Waals surface area contributed by atoms with Crippen molar-refractivity contribution in [2.24, 2.45) is 4.99 Å². The number of nitrogens with zero attached hydrogens (tertiary/aromatic N) is 3. The molecule has 25 heavy (non-hydrogen) atoms. The standard InChI is InChI=1S/C17H16N4O3S/c1-3-24-17(23)20-15(22)12-7-9-25-16(12)18-11(2)13-10-21-8-5-4-6-14(21)19-13/h4-10H,3H2,1-2H3,(H,20,22,23). The quantitative estimate of drug-likeness (QED) is 0.726. The van der Waals surface area contributed by atoms with Gasteiger partial charge in [-0.1, -0.05) is 6.07 Å². The van der Waals surface area contributed by atoms with E-state index >= 15 is 0 Å². The Morgan fingerprint density at radius 2 is 2.20 bits per heavy atom. The van der Waals surface area contributed by atoms with Crippen molar-refractivity contribution in [3.63, 3.8) is 0 Å². The summed E-state index contributed by atoms with van der Waals surface area (Å²) >= 11 is 1.31. The van der Waals surface area contributed by atoms with Crippen LogP contribution in [0.2, 0.25) is 0 Å². The molecular weight excluding hydrogens is 340 g/mol. The second-order valence-electron chi connectivity index (χ2n) is 5.10. The third kappa shape index (κ3) is 3.74. The van der Waals surface area contributed by atoms with Gasteiger partial charge in [0.2, 0.25) is 0 Å². The summed E-state index contributed by atoms with van der Waals surface area (Å²) in [4.78, 5) is 32.6. The van der Waals surface area contributed by atoms with Crippen LogP contribution in [0.4, 0.5) is 9.80 Å². The van der Waals surface area contributed by atoms with E-state index < -0.39 is 12.0 Å². The number of hydrogen-bond donors (Lipinski definition) is 1. The van der Waals surface area contributed by atoms with Crippen molar-refractivity contribution in [2.45, 2.75) is 13.8 Å². The summed E-state index contributed by atoms with van der Waals surface area (Å²) in [6.45, 7) is 3.69. The Kier molecular flexibility index (Phi) is 4.90. The van der Waals surface area contributed by atoms with Crippen LogP contribution in [0.25, 0.3) is 5.65 Å². The largest absolute Gasteiger partial charge is 0.450 e. The molecule has 0 aromatic carbocycles. The minimum atomic E-state index is -0.772. The Bertz CT molecular complexity index is 925. The van der Waals surface area contributed by atoms with Gasteiger partial charge in [-0.3, -0.25) is 10.1 Å². The topological polar surface area (TPSA) is 85.1 Å². The molecule has 0 atom stereocenters. The lowest BCUT2D eigenvalue weighted by Crippen LogP contribution is -2.30. The van der Waals surface area contributed by atoms with E-state index in [1.54, 1.807) is 18.4 Å². The number of pyridine rings is 1. The Labute approximate surface area is 148 Å². The van der Waals surface area contributed by atoms with Gasteiger partial charge in [-0.25, -0.2) is 14.8 Å². The summed E-state index contributed by atoms with van der Waals surface area (Å²) in [5.41, 5.74) is 2.53. The third-order valence-corrected chi connectivity index (χ3v) is 4.19. The van der Waals surface area contributed by atoms with Gasteiger partial charge in [0.15, 0.2) is 0 Å². The van der Waals surface area contributed by atoms with E-state index in [4.69, 9.17) is 4.74 Å². The van der Waals surface area contributed by atoms with Crippen LogP contribution < -0.4 is 5.32 Å². The highest BCUT2D eigenvalue weighted by Gasteiger charge is 2.16. The number of nitrogens with one attached hydrogen (secondary N) is 1. The van der Waals surface area contributed by atoms with Crippen molar-refractivity contribution in [3.8, 4) is 0 Å². The maximum atomic E-state index is 12.2. The number of ether oxygens (including phenoxy) is 1. The summed E-state index contributed by atoms with van der Waals surface area (Å²) in [5.74, 6) is -0.541. The van der Waals surface area contributed by atoms with Crippen molar-refractivity contribution in [3.05, 3.63) is 53.3 Å². The van der Waals surface area contributed by atoms with Crippen molar-refractivity contribution in [1.82, 2.24) is 14.7 Å². The number of hydrogen-bond acceptors (Lipinski definition) is 6. The maximum absolute atomic E-state index is 12.2. The summed E-state index contributed by atoms with van der Waals surface area (Å²) in [6.07, 6.45) is 3.01. The first-order chi connectivity index (χ1) is 12.1. The van der Waals surface area contributed by atoms with E-state index in [1.807, 2.05) is 41.9 Å². The summed E-state index contributed by atoms with van der Waals surface area (Å²) in [5, 5.41) is 4.43. The van der Waals surface area contributed by atoms with Crippen LogP contribution in [0.1, 0.15) is 29.9 Å². The number of amides is 2. The van der Waals surface area contributed by atoms with Gasteiger partial charge in [0.05, 0.1) is 17.9 Å². The Hall–Kier alpha value is -3.00. The maximum Gasteiger partial charge on any atom is 0.414 e. The first-order valence-corrected chi connectivity index (χ1v) is 8.51. The van der Waals surface area contributed by atoms with Crippen molar-refractivity contribution in [2.75, 3.05) is 6.61 Å². The Morgan fingerprint density at radius 1 is 1.36 bits per heavy atom. The Balaban J connectivity index is 1.85. The number of aromatic nitrogens is 2. The molecule has 0 spiro atoms. The molecule has 2 amide bonds. The van der Waals surface area contributed by atoms with E-state index in [0.29, 0.717) is 16.3 Å². The lowest BCUT2D eigenvalue weighted by molar-refractivity contribution is 0.0926. The van der Waals surface area contributed by atoms with E-state index in [1.165, 1.54) is 11.3 Å². The smallest absolute Gasteiger partial charge is 0.414 e. The Morgan fingerprint density at radius 3 is 2.96 bits per heavy atom. The SMILES string of the molecule is CCOC(=O)NC(=O)c1ccsc1N=C(C)c1cn2ccccc2n1. The van der Waals surface area contributed by atoms with Gasteiger partial charge in [0, 0.05) is 12.4 Å². The van der Waals surface area contributed by atoms with Crippen molar-refractivity contribution >= 4 is 39.7 Å². The van der Waals surface area contributed by atoms with Gasteiger partial charge in [0.25, 0.3) is 5.91 Å². The second kappa shape index (κ2) is 7.27. The molecule has 0 unspecified atom stereocenters. The number of fused-ring (bicyclic) bond motifs is 1. The van der Waals surface area contributed by atoms with Gasteiger partial charge >= 0.3 is 6.09 Å². The molecule has 0 aliphatic carbocycles. The molecule has 3 aromatic rings. The van der Waals surface area contributed by atoms with Crippen LogP contribution in [0.5, 0.6) is 0 Å². The number of carbonyl (C=O) groups is 2. The minimum Gasteiger partial charge on any atom is -0.450 e. The molecular formula is C17H16N4O3S. The van der Waals surface area contributed by atoms with Crippen molar-refractivity contribution < 1.29 is 14.3 Å². The monoisotopic (exact) mass is 356 g/mol. The molecule has 0 saturated carbocycles. The molecule has 1 N–H and O–H groups in total. The molecule has 7 nitrogen and oxygen atoms in total. The molecule has 3 rings (SSSR count). The molecule has 0 fully saturated rings. The zero-order chi connectivity index (χ0) is 17.8. The van der Waals surface area contributed by atoms with Gasteiger partial charge in [-0.2, -0.15) is 0 Å². The predicted molar refractivity (Wildman–Crippen MR) is 95.9 cm³/mol. The fraction of sp³-hybridized carbons (Fsp3) is 0.176. The average Bonchev–Trinajstić information content (AvgIpc) is 3.21. The van der Waals surface area contributed by atoms with E-state index in [9.17, 15) is 9.59 Å². The normalized spacial score (nSPS) is 11.5. The fourth-order valence-electron chi connectivity index (χ4n) is 2.21. The van der Waals surface area contributed by atoms with Crippen LogP contribution in [0.15, 0.2) is 47.0 Å². The second-order valence-corrected chi connectivity index (χ2v) is 6.00. The highest BCUT2D eigenvalue weighted by atomic mass is 32.1. The summed E-state index contributed by atoms with van der Waals surface area (Å²) < 4.78 is 6.62. The number of imide groups is 1. The summed E-state index contributed by atoms with van der Waals surface area (Å²) in [6, 6.07) is 7.35. The van der Waals surface area contributed by atoms with Crippen LogP contribution in [-0.2, 0) is 4.74 Å². The van der Waals surface area contributed by atoms with Gasteiger partial charge in [0.1, 0.15) is 16.3 Å². The molecule has 0 radical (unpaired) electrons. The number of rotatable bonds is 4.